The smallest absolute Gasteiger partial charge is 0.246 e. The molecule has 0 radical (unpaired) electrons. The van der Waals surface area contributed by atoms with E-state index in [9.17, 15) is 28.8 Å². The Bertz CT molecular complexity index is 849. The van der Waals surface area contributed by atoms with Crippen molar-refractivity contribution in [3.05, 3.63) is 0 Å². The van der Waals surface area contributed by atoms with Gasteiger partial charge in [-0.1, -0.05) is 13.8 Å². The van der Waals surface area contributed by atoms with Gasteiger partial charge in [0.05, 0.1) is 0 Å². The van der Waals surface area contributed by atoms with Crippen molar-refractivity contribution < 1.29 is 28.8 Å². The minimum absolute atomic E-state index is 0.278. The van der Waals surface area contributed by atoms with E-state index in [1.54, 1.807) is 13.8 Å². The molecule has 0 aromatic carbocycles. The highest BCUT2D eigenvalue weighted by molar-refractivity contribution is 5.96. The van der Waals surface area contributed by atoms with E-state index in [1.165, 1.54) is 25.7 Å². The molecule has 0 unspecified atom stereocenters. The highest BCUT2D eigenvalue weighted by Crippen LogP contribution is 2.21. The third-order valence-electron chi connectivity index (χ3n) is 6.24. The van der Waals surface area contributed by atoms with E-state index in [4.69, 9.17) is 11.5 Å². The first-order valence-corrected chi connectivity index (χ1v) is 12.8. The molecular formula is C24H43N7O6. The maximum Gasteiger partial charge on any atom is 0.246 e. The number of likely N-dealkylation sites (tertiary alicyclic amines) is 1. The van der Waals surface area contributed by atoms with Crippen LogP contribution in [0.15, 0.2) is 0 Å². The van der Waals surface area contributed by atoms with E-state index < -0.39 is 59.7 Å². The number of nitrogens with one attached hydrogen (secondary N) is 4. The maximum atomic E-state index is 13.4. The number of rotatable bonds is 14. The van der Waals surface area contributed by atoms with Crippen molar-refractivity contribution in [1.29, 1.82) is 0 Å². The Kier molecular flexibility index (Phi) is 13.0. The summed E-state index contributed by atoms with van der Waals surface area (Å²) in [5.74, 6) is -3.33. The fraction of sp³-hybridized carbons (Fsp3) is 0.750. The Labute approximate surface area is 218 Å². The second-order valence-corrected chi connectivity index (χ2v) is 9.82. The zero-order valence-corrected chi connectivity index (χ0v) is 22.5. The van der Waals surface area contributed by atoms with Crippen molar-refractivity contribution in [2.75, 3.05) is 13.1 Å². The van der Waals surface area contributed by atoms with Crippen LogP contribution < -0.4 is 32.7 Å². The summed E-state index contributed by atoms with van der Waals surface area (Å²) in [6.45, 7) is 8.60. The first-order chi connectivity index (χ1) is 17.3. The Hall–Kier alpha value is -3.22. The van der Waals surface area contributed by atoms with Gasteiger partial charge in [0, 0.05) is 13.5 Å². The van der Waals surface area contributed by atoms with Crippen molar-refractivity contribution in [2.24, 2.45) is 17.4 Å². The van der Waals surface area contributed by atoms with Gasteiger partial charge in [0.25, 0.3) is 0 Å². The first-order valence-electron chi connectivity index (χ1n) is 12.8. The van der Waals surface area contributed by atoms with Crippen LogP contribution in [-0.2, 0) is 28.8 Å². The number of primary amides is 1. The summed E-state index contributed by atoms with van der Waals surface area (Å²) in [6, 6.07) is -4.39. The zero-order valence-electron chi connectivity index (χ0n) is 22.5. The van der Waals surface area contributed by atoms with Crippen molar-refractivity contribution in [1.82, 2.24) is 26.2 Å². The van der Waals surface area contributed by atoms with Crippen molar-refractivity contribution in [2.45, 2.75) is 96.9 Å². The predicted octanol–water partition coefficient (Wildman–Crippen LogP) is -1.75. The molecular weight excluding hydrogens is 482 g/mol. The van der Waals surface area contributed by atoms with Gasteiger partial charge in [-0.25, -0.2) is 0 Å². The standard InChI is InChI=1S/C24H43N7O6/c1-13(2)19(30-22(35)14(3)27-16(5)32)24(37)31-12-8-10-18(31)23(36)28-15(4)21(34)29-17(20(26)33)9-6-7-11-25/h13-15,17-19H,6-12,25H2,1-5H3,(H2,26,33)(H,27,32)(H,28,36)(H,29,34)(H,30,35)/t14-,15-,17-,18-,19-/m0/s1. The lowest BCUT2D eigenvalue weighted by molar-refractivity contribution is -0.143. The molecule has 210 valence electrons. The minimum atomic E-state index is -0.972. The molecule has 13 nitrogen and oxygen atoms in total. The average molecular weight is 526 g/mol. The first kappa shape index (κ1) is 31.8. The van der Waals surface area contributed by atoms with Gasteiger partial charge in [0.15, 0.2) is 0 Å². The Morgan fingerprint density at radius 1 is 0.892 bits per heavy atom. The van der Waals surface area contributed by atoms with Gasteiger partial charge in [-0.3, -0.25) is 28.8 Å². The molecule has 1 rings (SSSR count). The number of carbonyl (C=O) groups excluding carboxylic acids is 6. The highest BCUT2D eigenvalue weighted by atomic mass is 16.2. The molecule has 1 aliphatic heterocycles. The Morgan fingerprint density at radius 2 is 1.49 bits per heavy atom. The van der Waals surface area contributed by atoms with E-state index in [-0.39, 0.29) is 11.8 Å². The molecule has 5 atom stereocenters. The van der Waals surface area contributed by atoms with Crippen LogP contribution in [0.25, 0.3) is 0 Å². The third-order valence-corrected chi connectivity index (χ3v) is 6.24. The highest BCUT2D eigenvalue weighted by Gasteiger charge is 2.39. The third kappa shape index (κ3) is 9.98. The number of carbonyl (C=O) groups is 6. The van der Waals surface area contributed by atoms with Crippen LogP contribution in [0, 0.1) is 5.92 Å². The van der Waals surface area contributed by atoms with Crippen LogP contribution in [0.3, 0.4) is 0 Å². The van der Waals surface area contributed by atoms with Crippen molar-refractivity contribution in [3.8, 4) is 0 Å². The maximum absolute atomic E-state index is 13.4. The summed E-state index contributed by atoms with van der Waals surface area (Å²) < 4.78 is 0. The molecule has 6 amide bonds. The quantitative estimate of drug-likeness (QED) is 0.144. The van der Waals surface area contributed by atoms with Gasteiger partial charge in [-0.05, 0) is 58.4 Å². The largest absolute Gasteiger partial charge is 0.368 e. The van der Waals surface area contributed by atoms with Crippen molar-refractivity contribution >= 4 is 35.4 Å². The molecule has 1 fully saturated rings. The number of nitrogens with zero attached hydrogens (tertiary/aromatic N) is 1. The SMILES string of the molecule is CC(=O)N[C@@H](C)C(=O)N[C@H](C(=O)N1CCC[C@H]1C(=O)N[C@@H](C)C(=O)N[C@@H](CCCCN)C(N)=O)C(C)C. The molecule has 0 spiro atoms. The van der Waals surface area contributed by atoms with Gasteiger partial charge < -0.3 is 37.6 Å². The van der Waals surface area contributed by atoms with Crippen LogP contribution in [-0.4, -0.2) is 83.6 Å². The molecule has 1 heterocycles. The molecule has 1 saturated heterocycles. The van der Waals surface area contributed by atoms with Crippen LogP contribution in [0.1, 0.15) is 66.7 Å². The van der Waals surface area contributed by atoms with E-state index in [2.05, 4.69) is 21.3 Å². The summed E-state index contributed by atoms with van der Waals surface area (Å²) >= 11 is 0. The van der Waals surface area contributed by atoms with Crippen molar-refractivity contribution in [3.63, 3.8) is 0 Å². The molecule has 0 saturated carbocycles. The van der Waals surface area contributed by atoms with Gasteiger partial charge in [0.1, 0.15) is 30.2 Å². The second kappa shape index (κ2) is 15.1. The molecule has 8 N–H and O–H groups in total. The van der Waals surface area contributed by atoms with Crippen LogP contribution in [0.4, 0.5) is 0 Å². The van der Waals surface area contributed by atoms with Gasteiger partial charge in [-0.2, -0.15) is 0 Å². The lowest BCUT2D eigenvalue weighted by Gasteiger charge is -2.31. The van der Waals surface area contributed by atoms with Gasteiger partial charge in [0.2, 0.25) is 35.4 Å². The summed E-state index contributed by atoms with van der Waals surface area (Å²) in [6.07, 6.45) is 2.61. The topological polar surface area (TPSA) is 206 Å². The molecule has 0 aromatic rings. The Balaban J connectivity index is 2.83. The monoisotopic (exact) mass is 525 g/mol. The zero-order chi connectivity index (χ0) is 28.3. The number of amides is 6. The lowest BCUT2D eigenvalue weighted by Crippen LogP contribution is -2.59. The average Bonchev–Trinajstić information content (AvgIpc) is 3.30. The van der Waals surface area contributed by atoms with Crippen LogP contribution >= 0.6 is 0 Å². The van der Waals surface area contributed by atoms with Crippen LogP contribution in [0.2, 0.25) is 0 Å². The molecule has 37 heavy (non-hydrogen) atoms. The second-order valence-electron chi connectivity index (χ2n) is 9.82. The number of hydrogen-bond donors (Lipinski definition) is 6. The number of hydrogen-bond acceptors (Lipinski definition) is 7. The number of unbranched alkanes of at least 4 members (excludes halogenated alkanes) is 1. The molecule has 0 aromatic heterocycles. The summed E-state index contributed by atoms with van der Waals surface area (Å²) in [4.78, 5) is 75.8. The number of nitrogens with two attached hydrogens (primary N) is 2. The molecule has 1 aliphatic rings. The molecule has 13 heteroatoms. The fourth-order valence-corrected chi connectivity index (χ4v) is 4.09. The van der Waals surface area contributed by atoms with Gasteiger partial charge >= 0.3 is 0 Å². The van der Waals surface area contributed by atoms with E-state index in [0.717, 1.165) is 0 Å². The van der Waals surface area contributed by atoms with E-state index in [0.29, 0.717) is 45.2 Å². The molecule has 0 bridgehead atoms. The summed E-state index contributed by atoms with van der Waals surface area (Å²) in [5.41, 5.74) is 10.8. The fourth-order valence-electron chi connectivity index (χ4n) is 4.09. The van der Waals surface area contributed by atoms with Crippen LogP contribution in [0.5, 0.6) is 0 Å². The minimum Gasteiger partial charge on any atom is -0.368 e. The predicted molar refractivity (Wildman–Crippen MR) is 136 cm³/mol. The molecule has 0 aliphatic carbocycles. The van der Waals surface area contributed by atoms with Gasteiger partial charge in [-0.15, -0.1) is 0 Å². The van der Waals surface area contributed by atoms with E-state index in [1.807, 2.05) is 0 Å². The lowest BCUT2D eigenvalue weighted by atomic mass is 10.0. The normalized spacial score (nSPS) is 18.4. The summed E-state index contributed by atoms with van der Waals surface area (Å²) in [7, 11) is 0. The summed E-state index contributed by atoms with van der Waals surface area (Å²) in [5, 5.41) is 10.3. The van der Waals surface area contributed by atoms with E-state index >= 15 is 0 Å². The Morgan fingerprint density at radius 3 is 2.03 bits per heavy atom.